The summed E-state index contributed by atoms with van der Waals surface area (Å²) in [6.07, 6.45) is 8.38. The van der Waals surface area contributed by atoms with Crippen LogP contribution in [0.5, 0.6) is 0 Å². The van der Waals surface area contributed by atoms with E-state index in [9.17, 15) is 9.59 Å². The van der Waals surface area contributed by atoms with Gasteiger partial charge in [0.2, 0.25) is 5.91 Å². The zero-order valence-corrected chi connectivity index (χ0v) is 16.2. The van der Waals surface area contributed by atoms with Crippen LogP contribution in [0.25, 0.3) is 6.08 Å². The van der Waals surface area contributed by atoms with Gasteiger partial charge in [-0.3, -0.25) is 14.5 Å². The quantitative estimate of drug-likeness (QED) is 0.796. The molecule has 144 valence electrons. The number of anilines is 1. The van der Waals surface area contributed by atoms with Crippen molar-refractivity contribution >= 4 is 23.6 Å². The Morgan fingerprint density at radius 3 is 2.54 bits per heavy atom. The van der Waals surface area contributed by atoms with E-state index in [1.807, 2.05) is 73.7 Å². The zero-order valence-electron chi connectivity index (χ0n) is 16.2. The number of nitrogens with one attached hydrogen (secondary N) is 1. The van der Waals surface area contributed by atoms with Crippen molar-refractivity contribution in [3.63, 3.8) is 0 Å². The Morgan fingerprint density at radius 1 is 1.11 bits per heavy atom. The fourth-order valence-corrected chi connectivity index (χ4v) is 4.23. The molecular weight excluding hydrogens is 348 g/mol. The van der Waals surface area contributed by atoms with E-state index in [1.54, 1.807) is 4.90 Å². The van der Waals surface area contributed by atoms with E-state index in [0.29, 0.717) is 0 Å². The van der Waals surface area contributed by atoms with E-state index < -0.39 is 5.54 Å². The van der Waals surface area contributed by atoms with Gasteiger partial charge in [0, 0.05) is 11.7 Å². The number of nitrogens with zero attached hydrogens (tertiary/aromatic N) is 1. The molecule has 2 amide bonds. The molecule has 0 aromatic heterocycles. The summed E-state index contributed by atoms with van der Waals surface area (Å²) in [5, 5.41) is 3.21. The lowest BCUT2D eigenvalue weighted by atomic mass is 9.80. The summed E-state index contributed by atoms with van der Waals surface area (Å²) in [5.41, 5.74) is 1.88. The van der Waals surface area contributed by atoms with Crippen LogP contribution < -0.4 is 10.2 Å². The number of rotatable bonds is 5. The molecule has 1 saturated carbocycles. The first-order valence-electron chi connectivity index (χ1n) is 10.0. The number of carbonyl (C=O) groups excluding carboxylic acids is 2. The van der Waals surface area contributed by atoms with Gasteiger partial charge in [-0.25, -0.2) is 0 Å². The third-order valence-electron chi connectivity index (χ3n) is 5.76. The monoisotopic (exact) mass is 374 g/mol. The Kier molecular flexibility index (Phi) is 5.03. The molecule has 2 aliphatic rings. The summed E-state index contributed by atoms with van der Waals surface area (Å²) in [5.74, 6) is -0.0995. The van der Waals surface area contributed by atoms with Crippen molar-refractivity contribution in [2.45, 2.75) is 50.6 Å². The molecule has 0 unspecified atom stereocenters. The zero-order chi connectivity index (χ0) is 19.6. The minimum atomic E-state index is -0.969. The predicted molar refractivity (Wildman–Crippen MR) is 112 cm³/mol. The lowest BCUT2D eigenvalue weighted by Gasteiger charge is -2.49. The van der Waals surface area contributed by atoms with E-state index >= 15 is 0 Å². The molecule has 0 bridgehead atoms. The normalized spacial score (nSPS) is 22.5. The van der Waals surface area contributed by atoms with Crippen molar-refractivity contribution in [3.05, 3.63) is 71.8 Å². The molecule has 1 N–H and O–H groups in total. The standard InChI is InChI=1S/C24H26N2O2/c1-18-8-7-13-21(16-18)26-22(27)17-24(26,15-14-19-9-3-2-4-10-19)23(28)25-20-11-5-6-12-20/h2-4,7-10,13-16,20H,5-6,11-12,17H2,1H3,(H,25,28)/b15-14+/t24-/m0/s1. The molecule has 1 saturated heterocycles. The molecule has 2 aromatic rings. The fraction of sp³-hybridized carbons (Fsp3) is 0.333. The second-order valence-electron chi connectivity index (χ2n) is 7.87. The minimum absolute atomic E-state index is 0.0233. The number of benzene rings is 2. The Balaban J connectivity index is 1.69. The molecule has 1 aliphatic carbocycles. The van der Waals surface area contributed by atoms with Crippen molar-refractivity contribution in [2.24, 2.45) is 0 Å². The van der Waals surface area contributed by atoms with Crippen LogP contribution >= 0.6 is 0 Å². The summed E-state index contributed by atoms with van der Waals surface area (Å²) < 4.78 is 0. The van der Waals surface area contributed by atoms with Gasteiger partial charge in [0.15, 0.2) is 5.54 Å². The molecule has 4 heteroatoms. The smallest absolute Gasteiger partial charge is 0.251 e. The van der Waals surface area contributed by atoms with Gasteiger partial charge < -0.3 is 5.32 Å². The van der Waals surface area contributed by atoms with Gasteiger partial charge in [-0.2, -0.15) is 0 Å². The molecule has 2 fully saturated rings. The van der Waals surface area contributed by atoms with Crippen LogP contribution in [0.1, 0.15) is 43.2 Å². The van der Waals surface area contributed by atoms with E-state index in [0.717, 1.165) is 42.5 Å². The minimum Gasteiger partial charge on any atom is -0.351 e. The van der Waals surface area contributed by atoms with Crippen LogP contribution in [0.3, 0.4) is 0 Å². The average molecular weight is 374 g/mol. The lowest BCUT2D eigenvalue weighted by molar-refractivity contribution is -0.137. The van der Waals surface area contributed by atoms with E-state index in [4.69, 9.17) is 0 Å². The van der Waals surface area contributed by atoms with Gasteiger partial charge in [-0.15, -0.1) is 0 Å². The Bertz CT molecular complexity index is 900. The van der Waals surface area contributed by atoms with E-state index in [2.05, 4.69) is 5.32 Å². The maximum atomic E-state index is 13.4. The average Bonchev–Trinajstić information content (AvgIpc) is 3.18. The molecule has 1 aliphatic heterocycles. The van der Waals surface area contributed by atoms with Gasteiger partial charge in [0.25, 0.3) is 5.91 Å². The Labute approximate surface area is 166 Å². The van der Waals surface area contributed by atoms with Gasteiger partial charge in [0.05, 0.1) is 6.42 Å². The molecule has 0 radical (unpaired) electrons. The third kappa shape index (κ3) is 3.47. The number of β-lactam (4-membered cyclic amide) rings is 1. The largest absolute Gasteiger partial charge is 0.351 e. The first-order chi connectivity index (χ1) is 13.6. The van der Waals surface area contributed by atoms with Crippen LogP contribution in [0, 0.1) is 6.92 Å². The topological polar surface area (TPSA) is 49.4 Å². The van der Waals surface area contributed by atoms with Gasteiger partial charge >= 0.3 is 0 Å². The first kappa shape index (κ1) is 18.5. The van der Waals surface area contributed by atoms with E-state index in [-0.39, 0.29) is 24.3 Å². The van der Waals surface area contributed by atoms with Gasteiger partial charge in [-0.05, 0) is 49.1 Å². The summed E-state index contributed by atoms with van der Waals surface area (Å²) in [4.78, 5) is 27.7. The first-order valence-corrected chi connectivity index (χ1v) is 10.0. The van der Waals surface area contributed by atoms with E-state index in [1.165, 1.54) is 0 Å². The number of aryl methyl sites for hydroxylation is 1. The highest BCUT2D eigenvalue weighted by Gasteiger charge is 2.56. The molecule has 4 nitrogen and oxygen atoms in total. The molecular formula is C24H26N2O2. The summed E-state index contributed by atoms with van der Waals surface area (Å²) in [6, 6.07) is 17.9. The van der Waals surface area contributed by atoms with Crippen molar-refractivity contribution in [2.75, 3.05) is 4.90 Å². The Hall–Kier alpha value is -2.88. The van der Waals surface area contributed by atoms with Crippen LogP contribution in [0.2, 0.25) is 0 Å². The number of amides is 2. The summed E-state index contributed by atoms with van der Waals surface area (Å²) in [6.45, 7) is 1.99. The van der Waals surface area contributed by atoms with Crippen LogP contribution in [0.4, 0.5) is 5.69 Å². The molecule has 4 rings (SSSR count). The second-order valence-corrected chi connectivity index (χ2v) is 7.87. The number of hydrogen-bond acceptors (Lipinski definition) is 2. The second kappa shape index (κ2) is 7.63. The maximum absolute atomic E-state index is 13.4. The SMILES string of the molecule is Cc1cccc(N2C(=O)C[C@@]2(/C=C/c2ccccc2)C(=O)NC2CCCC2)c1. The highest BCUT2D eigenvalue weighted by molar-refractivity contribution is 6.15. The molecule has 1 atom stereocenters. The highest BCUT2D eigenvalue weighted by Crippen LogP contribution is 2.39. The van der Waals surface area contributed by atoms with Gasteiger partial charge in [-0.1, -0.05) is 61.4 Å². The van der Waals surface area contributed by atoms with Crippen LogP contribution in [-0.4, -0.2) is 23.4 Å². The van der Waals surface area contributed by atoms with Crippen molar-refractivity contribution in [1.82, 2.24) is 5.32 Å². The fourth-order valence-electron chi connectivity index (χ4n) is 4.23. The van der Waals surface area contributed by atoms with Crippen molar-refractivity contribution in [3.8, 4) is 0 Å². The number of carbonyl (C=O) groups is 2. The molecule has 0 spiro atoms. The number of hydrogen-bond donors (Lipinski definition) is 1. The molecule has 28 heavy (non-hydrogen) atoms. The maximum Gasteiger partial charge on any atom is 0.251 e. The predicted octanol–water partition coefficient (Wildman–Crippen LogP) is 4.24. The van der Waals surface area contributed by atoms with Crippen molar-refractivity contribution in [1.29, 1.82) is 0 Å². The third-order valence-corrected chi connectivity index (χ3v) is 5.76. The van der Waals surface area contributed by atoms with Gasteiger partial charge in [0.1, 0.15) is 0 Å². The van der Waals surface area contributed by atoms with Crippen LogP contribution in [0.15, 0.2) is 60.7 Å². The molecule has 1 heterocycles. The lowest BCUT2D eigenvalue weighted by Crippen LogP contribution is -2.70. The Morgan fingerprint density at radius 2 is 1.86 bits per heavy atom. The van der Waals surface area contributed by atoms with Crippen molar-refractivity contribution < 1.29 is 9.59 Å². The van der Waals surface area contributed by atoms with Crippen LogP contribution in [-0.2, 0) is 9.59 Å². The highest BCUT2D eigenvalue weighted by atomic mass is 16.2. The summed E-state index contributed by atoms with van der Waals surface area (Å²) in [7, 11) is 0. The summed E-state index contributed by atoms with van der Waals surface area (Å²) >= 11 is 0. The molecule has 2 aromatic carbocycles.